The van der Waals surface area contributed by atoms with Gasteiger partial charge in [0.15, 0.2) is 90.2 Å². The monoisotopic (exact) mass is 1740 g/mol. The summed E-state index contributed by atoms with van der Waals surface area (Å²) in [5.41, 5.74) is 1.01. The van der Waals surface area contributed by atoms with Crippen LogP contribution in [-0.2, 0) is 18.9 Å². The Kier molecular flexibility index (Phi) is 32.6. The molecule has 12 heterocycles. The number of H-pyrrole nitrogens is 4. The minimum atomic E-state index is -1.28. The van der Waals surface area contributed by atoms with Crippen molar-refractivity contribution in [3.63, 3.8) is 0 Å². The summed E-state index contributed by atoms with van der Waals surface area (Å²) >= 11 is 5.93. The zero-order chi connectivity index (χ0) is 84.0. The molecular formula is C74H120N16O16P4S4. The average Bonchev–Trinajstić information content (AvgIpc) is 1.62. The van der Waals surface area contributed by atoms with E-state index in [2.05, 4.69) is 159 Å². The number of aromatic nitrogens is 16. The molecule has 114 heavy (non-hydrogen) atoms. The number of aliphatic hydroxyl groups is 8. The van der Waals surface area contributed by atoms with E-state index in [1.165, 1.54) is 47.0 Å². The smallest absolute Gasteiger partial charge is 0.279 e. The number of ether oxygens (including phenoxy) is 4. The van der Waals surface area contributed by atoms with Crippen LogP contribution in [0.25, 0.3) is 44.7 Å². The van der Waals surface area contributed by atoms with E-state index >= 15 is 0 Å². The van der Waals surface area contributed by atoms with Crippen LogP contribution in [0, 0.1) is 27.7 Å². The van der Waals surface area contributed by atoms with Gasteiger partial charge in [-0.05, 0) is 156 Å². The number of rotatable bonds is 30. The SMILES string of the molecule is C=P(C)(C)CC[C@H]1O[C@@H](n2c(SCC)nc3c(=O)[nH]c(C)nc32)[C@H](O)[C@@H]1O.C=P(C)(C)CC[C@H]1O[C@@H](n2c(SCCC)nc3c(=O)[nH]c(C)nc32)[C@H](O)[C@@H]1O.C=P(C)(C)CC[C@H]1O[C@@H](n2c(SCCCC)nc3c(=O)[nH]c(C)nc32)[C@H](O)[C@@H]1O.C=P(C)(C)CC[C@H]1O[C@@H](n2c(SCCCCC)nc3c(=O)[nH]c(C)nc32)[C@H](O)[C@@H]1O. The first-order valence-electron chi connectivity index (χ1n) is 38.7. The number of thioether (sulfide) groups is 4. The van der Waals surface area contributed by atoms with Crippen molar-refractivity contribution >= 4 is 144 Å². The summed E-state index contributed by atoms with van der Waals surface area (Å²) in [5, 5.41) is 87.5. The maximum atomic E-state index is 12.4. The minimum Gasteiger partial charge on any atom is -0.388 e. The summed E-state index contributed by atoms with van der Waals surface area (Å²) in [6, 6.07) is 0. The zero-order valence-electron chi connectivity index (χ0n) is 68.4. The van der Waals surface area contributed by atoms with Crippen molar-refractivity contribution in [2.75, 3.05) is 101 Å². The van der Waals surface area contributed by atoms with Crippen LogP contribution in [0.1, 0.15) is 140 Å². The van der Waals surface area contributed by atoms with Crippen molar-refractivity contribution in [3.8, 4) is 0 Å². The number of imidazole rings is 4. The molecule has 12 rings (SSSR count). The highest BCUT2D eigenvalue weighted by Gasteiger charge is 2.49. The third-order valence-corrected chi connectivity index (χ3v) is 29.4. The van der Waals surface area contributed by atoms with Gasteiger partial charge in [0.2, 0.25) is 0 Å². The molecule has 0 aliphatic carbocycles. The van der Waals surface area contributed by atoms with E-state index in [1.807, 2.05) is 6.92 Å². The maximum Gasteiger partial charge on any atom is 0.279 e. The summed E-state index contributed by atoms with van der Waals surface area (Å²) in [4.78, 5) is 95.7. The van der Waals surface area contributed by atoms with Crippen LogP contribution in [0.4, 0.5) is 0 Å². The van der Waals surface area contributed by atoms with Gasteiger partial charge in [0.05, 0.1) is 24.4 Å². The average molecular weight is 1740 g/mol. The predicted octanol–water partition coefficient (Wildman–Crippen LogP) is 7.37. The summed E-state index contributed by atoms with van der Waals surface area (Å²) in [6.07, 6.45) is 15.0. The number of aliphatic hydroxyl groups excluding tert-OH is 8. The fourth-order valence-corrected chi connectivity index (χ4v) is 20.9. The van der Waals surface area contributed by atoms with Crippen molar-refractivity contribution in [2.45, 2.75) is 238 Å². The third kappa shape index (κ3) is 23.2. The second-order valence-corrected chi connectivity index (χ2v) is 54.1. The van der Waals surface area contributed by atoms with Crippen LogP contribution in [0.2, 0.25) is 0 Å². The molecule has 8 aromatic heterocycles. The molecule has 4 aliphatic rings. The van der Waals surface area contributed by atoms with Crippen molar-refractivity contribution < 1.29 is 59.8 Å². The van der Waals surface area contributed by atoms with Crippen LogP contribution in [0.15, 0.2) is 39.8 Å². The number of aryl methyl sites for hydroxylation is 4. The number of nitrogens with one attached hydrogen (secondary N) is 4. The molecule has 636 valence electrons. The van der Waals surface area contributed by atoms with Gasteiger partial charge in [-0.3, -0.25) is 37.4 Å². The van der Waals surface area contributed by atoms with Crippen molar-refractivity contribution in [3.05, 3.63) is 64.7 Å². The largest absolute Gasteiger partial charge is 0.388 e. The fourth-order valence-electron chi connectivity index (χ4n) is 13.4. The maximum absolute atomic E-state index is 12.4. The summed E-state index contributed by atoms with van der Waals surface area (Å²) in [5.74, 6) is 5.03. The summed E-state index contributed by atoms with van der Waals surface area (Å²) in [6.45, 7) is 27.0. The first-order chi connectivity index (χ1) is 53.5. The van der Waals surface area contributed by atoms with Crippen molar-refractivity contribution in [1.29, 1.82) is 0 Å². The van der Waals surface area contributed by atoms with Crippen LogP contribution in [0.5, 0.6) is 0 Å². The molecule has 8 aromatic rings. The molecule has 4 fully saturated rings. The lowest BCUT2D eigenvalue weighted by molar-refractivity contribution is -0.0400. The van der Waals surface area contributed by atoms with Gasteiger partial charge in [-0.1, -0.05) is 94.0 Å². The van der Waals surface area contributed by atoms with E-state index in [0.717, 1.165) is 86.2 Å². The zero-order valence-corrected chi connectivity index (χ0v) is 75.3. The first-order valence-corrected chi connectivity index (χ1v) is 54.9. The van der Waals surface area contributed by atoms with Gasteiger partial charge < -0.3 is 79.7 Å². The van der Waals surface area contributed by atoms with E-state index in [-0.39, 0.29) is 44.3 Å². The van der Waals surface area contributed by atoms with Crippen LogP contribution >= 0.6 is 74.6 Å². The number of unbranched alkanes of at least 4 members (excludes halogenated alkanes) is 3. The number of aromatic amines is 4. The van der Waals surface area contributed by atoms with E-state index in [4.69, 9.17) is 18.9 Å². The van der Waals surface area contributed by atoms with Gasteiger partial charge in [-0.25, -0.2) is 39.9 Å². The Balaban J connectivity index is 0.000000174. The Labute approximate surface area is 682 Å². The fraction of sp³-hybridized carbons (Fsp3) is 0.676. The number of hydrogen-bond acceptors (Lipinski definition) is 28. The first kappa shape index (κ1) is 93.4. The van der Waals surface area contributed by atoms with Crippen LogP contribution in [-0.4, -0.2) is 318 Å². The number of nitrogens with zero attached hydrogens (tertiary/aromatic N) is 12. The topological polar surface area (TPSA) is 453 Å². The van der Waals surface area contributed by atoms with Crippen molar-refractivity contribution in [1.82, 2.24) is 78.1 Å². The van der Waals surface area contributed by atoms with Gasteiger partial charge in [0.1, 0.15) is 72.1 Å². The molecule has 32 nitrogen and oxygen atoms in total. The van der Waals surface area contributed by atoms with Gasteiger partial charge in [-0.15, -0.1) is 52.7 Å². The summed E-state index contributed by atoms with van der Waals surface area (Å²) < 4.78 is 31.0. The molecule has 0 bridgehead atoms. The Hall–Kier alpha value is -4.48. The lowest BCUT2D eigenvalue weighted by Gasteiger charge is -2.20. The van der Waals surface area contributed by atoms with Crippen LogP contribution in [0.3, 0.4) is 0 Å². The Morgan fingerprint density at radius 3 is 0.807 bits per heavy atom. The molecule has 0 aromatic carbocycles. The lowest BCUT2D eigenvalue weighted by atomic mass is 10.1. The third-order valence-electron chi connectivity index (χ3n) is 19.4. The highest BCUT2D eigenvalue weighted by Crippen LogP contribution is 2.46. The molecule has 4 saturated heterocycles. The summed E-state index contributed by atoms with van der Waals surface area (Å²) in [7, 11) is 0. The van der Waals surface area contributed by atoms with E-state index in [9.17, 15) is 60.0 Å². The van der Waals surface area contributed by atoms with E-state index < -0.39 is 126 Å². The molecule has 4 aliphatic heterocycles. The van der Waals surface area contributed by atoms with E-state index in [1.54, 1.807) is 46.0 Å². The molecule has 0 spiro atoms. The number of hydrogen-bond donors (Lipinski definition) is 12. The lowest BCUT2D eigenvalue weighted by Crippen LogP contribution is -2.32. The normalized spacial score (nSPS) is 25.4. The second kappa shape index (κ2) is 39.8. The highest BCUT2D eigenvalue weighted by atomic mass is 32.2. The molecule has 0 unspecified atom stereocenters. The molecule has 12 N–H and O–H groups in total. The predicted molar refractivity (Wildman–Crippen MR) is 470 cm³/mol. The molecular weight excluding hydrogens is 1620 g/mol. The molecule has 0 amide bonds. The Bertz CT molecular complexity index is 5080. The van der Waals surface area contributed by atoms with Gasteiger partial charge >= 0.3 is 0 Å². The standard InChI is InChI=1S/C20H33N4O4PS.C19H31N4O4PS.C18H29N4O4PS.C17H27N4O4PS/c1-6-7-8-11-30-20-23-14-17(21-12(2)22-18(14)27)24(20)19-16(26)15(25)13(28-19)9-10-29(3,4)5;1-6-7-10-29-19-22-13-16(20-11(2)21-17(13)26)23(19)18-15(25)14(24)12(27-18)8-9-28(3,4)5;1-6-9-28-18-21-12-15(19-10(2)20-16(12)25)22(18)17-14(24)13(23)11(26-17)7-8-27(3,4)5;1-6-27-17-20-11-14(18-9(2)19-15(11)24)21(17)16-13(23)12(22)10(25-16)7-8-26(3,4)5/h13,15-16,19,25-26H,3,6-11H2,1-2,4-5H3,(H,21,22,27);12,14-15,18,24-25H,3,6-10H2,1-2,4-5H3,(H,20,21,26);11,13-14,17,23-24H,3,6-9H2,1-2,4-5H3,(H,19,20,25);10,12-13,16,22-23H,3,6-8H2,1-2,4-5H3,(H,18,19,24)/t13-,15-,16-,19-;12-,14-,15-,18-;11-,13-,14-,17-;10-,12-,13-,16-/m1111/s1. The molecule has 0 saturated carbocycles. The highest BCUT2D eigenvalue weighted by molar-refractivity contribution is 7.99. The molecule has 40 heteroatoms. The minimum absolute atomic E-state index is 0.204. The van der Waals surface area contributed by atoms with Gasteiger partial charge in [0.25, 0.3) is 22.2 Å². The van der Waals surface area contributed by atoms with Gasteiger partial charge in [-0.2, -0.15) is 0 Å². The molecule has 0 radical (unpaired) electrons. The molecule has 16 atom stereocenters. The number of fused-ring (bicyclic) bond motifs is 4. The Morgan fingerprint density at radius 2 is 0.579 bits per heavy atom. The van der Waals surface area contributed by atoms with E-state index in [0.29, 0.717) is 92.2 Å². The van der Waals surface area contributed by atoms with Gasteiger partial charge in [0, 0.05) is 17.3 Å². The quantitative estimate of drug-likeness (QED) is 0.0119. The second-order valence-electron chi connectivity index (χ2n) is 32.4. The van der Waals surface area contributed by atoms with Crippen molar-refractivity contribution in [2.24, 2.45) is 0 Å². The Morgan fingerprint density at radius 1 is 0.342 bits per heavy atom. The van der Waals surface area contributed by atoms with Crippen LogP contribution < -0.4 is 22.2 Å².